The van der Waals surface area contributed by atoms with Gasteiger partial charge < -0.3 is 14.2 Å². The summed E-state index contributed by atoms with van der Waals surface area (Å²) >= 11 is 10.5. The first-order chi connectivity index (χ1) is 31.8. The number of halogens is 3. The van der Waals surface area contributed by atoms with Crippen LogP contribution in [0.4, 0.5) is 9.59 Å². The first kappa shape index (κ1) is 50.4. The quantitative estimate of drug-likeness (QED) is 0.0924. The Labute approximate surface area is 421 Å². The molecule has 352 valence electrons. The van der Waals surface area contributed by atoms with Crippen LogP contribution in [0.5, 0.6) is 0 Å². The van der Waals surface area contributed by atoms with E-state index in [2.05, 4.69) is 138 Å². The van der Waals surface area contributed by atoms with Gasteiger partial charge in [-0.15, -0.1) is 13.2 Å². The van der Waals surface area contributed by atoms with Crippen molar-refractivity contribution in [2.24, 2.45) is 23.7 Å². The minimum absolute atomic E-state index is 0.695. The largest absolute Gasteiger partial charge is 0.519 e. The molecule has 3 aromatic heterocycles. The van der Waals surface area contributed by atoms with Crippen LogP contribution in [0.15, 0.2) is 112 Å². The molecule has 0 aliphatic heterocycles. The van der Waals surface area contributed by atoms with Crippen LogP contribution >= 0.6 is 47.8 Å². The van der Waals surface area contributed by atoms with E-state index in [-0.39, 0.29) is 0 Å². The van der Waals surface area contributed by atoms with E-state index in [0.29, 0.717) is 11.8 Å². The predicted octanol–water partition coefficient (Wildman–Crippen LogP) is 16.0. The molecule has 0 spiro atoms. The van der Waals surface area contributed by atoms with Crippen molar-refractivity contribution in [3.8, 4) is 0 Å². The zero-order valence-corrected chi connectivity index (χ0v) is 44.4. The lowest BCUT2D eigenvalue weighted by Gasteiger charge is -2.20. The van der Waals surface area contributed by atoms with E-state index in [4.69, 9.17) is 24.4 Å². The van der Waals surface area contributed by atoms with Gasteiger partial charge >= 0.3 is 12.3 Å². The third-order valence-electron chi connectivity index (χ3n) is 12.1. The molecule has 1 saturated carbocycles. The molecule has 0 saturated heterocycles. The van der Waals surface area contributed by atoms with E-state index in [1.807, 2.05) is 12.2 Å². The molecule has 0 N–H and O–H groups in total. The van der Waals surface area contributed by atoms with Gasteiger partial charge in [0.15, 0.2) is 0 Å². The van der Waals surface area contributed by atoms with Gasteiger partial charge in [-0.2, -0.15) is 0 Å². The third-order valence-corrected chi connectivity index (χ3v) is 13.6. The Balaban J connectivity index is 0.000000133. The third kappa shape index (κ3) is 14.8. The molecule has 0 amide bonds. The number of aromatic nitrogens is 3. The zero-order valence-electron chi connectivity index (χ0n) is 39.6. The Bertz CT molecular complexity index is 2660. The topological polar surface area (TPSA) is 101 Å². The summed E-state index contributed by atoms with van der Waals surface area (Å²) in [6, 6.07) is 26.0. The zero-order chi connectivity index (χ0) is 48.0. The van der Waals surface area contributed by atoms with Crippen molar-refractivity contribution >= 4 is 92.8 Å². The average molecular weight is 1100 g/mol. The maximum Gasteiger partial charge on any atom is 0.519 e. The highest BCUT2D eigenvalue weighted by atomic mass is 79.9. The molecule has 4 aliphatic carbocycles. The molecule has 0 radical (unpaired) electrons. The number of hydrogen-bond acceptors (Lipinski definition) is 8. The van der Waals surface area contributed by atoms with Crippen LogP contribution in [0.3, 0.4) is 0 Å². The number of carbonyl (C=O) groups is 2. The Kier molecular flexibility index (Phi) is 16.5. The molecule has 0 bridgehead atoms. The van der Waals surface area contributed by atoms with Gasteiger partial charge in [0.25, 0.3) is 0 Å². The van der Waals surface area contributed by atoms with Crippen LogP contribution in [0.25, 0.3) is 32.7 Å². The van der Waals surface area contributed by atoms with Crippen LogP contribution in [0, 0.1) is 23.7 Å². The second kappa shape index (κ2) is 21.9. The van der Waals surface area contributed by atoms with Crippen molar-refractivity contribution in [2.75, 3.05) is 0 Å². The van der Waals surface area contributed by atoms with Gasteiger partial charge in [-0.05, 0) is 194 Å². The minimum atomic E-state index is -1.06. The van der Waals surface area contributed by atoms with Crippen molar-refractivity contribution in [1.29, 1.82) is 0 Å². The minimum Gasteiger partial charge on any atom is -0.428 e. The lowest BCUT2D eigenvalue weighted by molar-refractivity contribution is -0.0293. The summed E-state index contributed by atoms with van der Waals surface area (Å²) in [6.45, 7) is 17.7. The molecule has 11 heteroatoms. The molecule has 0 unspecified atom stereocenters. The molecule has 6 aromatic rings. The summed E-state index contributed by atoms with van der Waals surface area (Å²) in [4.78, 5) is 36.5. The van der Waals surface area contributed by atoms with Crippen LogP contribution < -0.4 is 0 Å². The fourth-order valence-electron chi connectivity index (χ4n) is 9.11. The van der Waals surface area contributed by atoms with Crippen LogP contribution in [0.2, 0.25) is 0 Å². The van der Waals surface area contributed by atoms with Crippen molar-refractivity contribution in [2.45, 2.75) is 123 Å². The van der Waals surface area contributed by atoms with Crippen molar-refractivity contribution in [3.05, 3.63) is 145 Å². The van der Waals surface area contributed by atoms with Gasteiger partial charge in [0.2, 0.25) is 0 Å². The number of carbonyl (C=O) groups excluding carboxylic acids is 2. The molecule has 1 fully saturated rings. The molecular formula is C56H62Br3N3O5. The second-order valence-electron chi connectivity index (χ2n) is 20.4. The number of rotatable bonds is 6. The molecular weight excluding hydrogens is 1030 g/mol. The molecule has 3 atom stereocenters. The number of allylic oxidation sites excluding steroid dienone is 2. The summed E-state index contributed by atoms with van der Waals surface area (Å²) in [5.74, 6) is 3.30. The summed E-state index contributed by atoms with van der Waals surface area (Å²) in [6.07, 6.45) is 15.4. The number of benzene rings is 3. The van der Waals surface area contributed by atoms with E-state index < -0.39 is 23.5 Å². The monoisotopic (exact) mass is 1090 g/mol. The number of pyridine rings is 3. The van der Waals surface area contributed by atoms with Crippen LogP contribution in [0.1, 0.15) is 107 Å². The molecule has 10 rings (SSSR count). The van der Waals surface area contributed by atoms with Crippen molar-refractivity contribution in [3.63, 3.8) is 0 Å². The Morgan fingerprint density at radius 2 is 0.881 bits per heavy atom. The van der Waals surface area contributed by atoms with Crippen LogP contribution in [-0.2, 0) is 52.7 Å². The molecule has 8 nitrogen and oxygen atoms in total. The number of hydrogen-bond donors (Lipinski definition) is 0. The Morgan fingerprint density at radius 1 is 0.537 bits per heavy atom. The number of nitrogens with zero attached hydrogens (tertiary/aromatic N) is 3. The SMILES string of the molecule is Brc1ccc2cc3c(nc2c1)C[C@H](CC1CC1)C3.C=CC[C@@H]1Cc2cc3ccc(Br)cc3nc2C1.C=CC[C@@H]1Cc2cc3ccc(Br)cc3nc2C1.CC(C)(C)OC(=O)OC(=O)OC(C)(C)C. The Morgan fingerprint density at radius 3 is 1.21 bits per heavy atom. The first-order valence-corrected chi connectivity index (χ1v) is 25.8. The first-order valence-electron chi connectivity index (χ1n) is 23.4. The fraction of sp³-hybridized carbons (Fsp3) is 0.411. The molecule has 4 aliphatic rings. The fourth-order valence-corrected chi connectivity index (χ4v) is 10.2. The molecule has 3 aromatic carbocycles. The van der Waals surface area contributed by atoms with Gasteiger partial charge in [0.05, 0.1) is 16.6 Å². The highest BCUT2D eigenvalue weighted by Crippen LogP contribution is 2.40. The highest BCUT2D eigenvalue weighted by molar-refractivity contribution is 9.11. The Hall–Kier alpha value is -4.45. The van der Waals surface area contributed by atoms with Crippen LogP contribution in [-0.4, -0.2) is 38.5 Å². The summed E-state index contributed by atoms with van der Waals surface area (Å²) in [7, 11) is 0. The van der Waals surface area contributed by atoms with Crippen molar-refractivity contribution < 1.29 is 23.8 Å². The van der Waals surface area contributed by atoms with Gasteiger partial charge in [-0.25, -0.2) is 9.59 Å². The predicted molar refractivity (Wildman–Crippen MR) is 282 cm³/mol. The van der Waals surface area contributed by atoms with E-state index in [9.17, 15) is 9.59 Å². The standard InChI is InChI=1S/C16H16BrN.2C15H14BrN.C10H18O5/c17-14-4-3-12-8-13-6-11(5-10-1-2-10)7-15(13)18-16(12)9-14;2*1-2-3-10-6-12-8-11-4-5-13(16)9-15(11)17-14(12)7-10;1-9(2,3)14-7(11)13-8(12)15-10(4,5)6/h3-4,8-11H,1-2,5-7H2;2*2,4-5,8-10H,1,3,6-7H2;1-6H3/t11-;2*10-;/m111./s1. The normalized spacial score (nSPS) is 18.0. The maximum absolute atomic E-state index is 11.0. The van der Waals surface area contributed by atoms with Gasteiger partial charge in [0.1, 0.15) is 11.2 Å². The number of fused-ring (bicyclic) bond motifs is 6. The van der Waals surface area contributed by atoms with Gasteiger partial charge in [-0.3, -0.25) is 15.0 Å². The highest BCUT2D eigenvalue weighted by Gasteiger charge is 2.31. The second-order valence-corrected chi connectivity index (χ2v) is 23.1. The average Bonchev–Trinajstić information content (AvgIpc) is 3.62. The van der Waals surface area contributed by atoms with E-state index >= 15 is 0 Å². The van der Waals surface area contributed by atoms with Crippen molar-refractivity contribution in [1.82, 2.24) is 15.0 Å². The number of ether oxygens (including phenoxy) is 3. The smallest absolute Gasteiger partial charge is 0.428 e. The van der Waals surface area contributed by atoms with E-state index in [1.54, 1.807) is 41.5 Å². The van der Waals surface area contributed by atoms with Gasteiger partial charge in [-0.1, -0.05) is 91.0 Å². The molecule has 67 heavy (non-hydrogen) atoms. The summed E-state index contributed by atoms with van der Waals surface area (Å²) in [5, 5.41) is 3.77. The van der Waals surface area contributed by atoms with Gasteiger partial charge in [0, 0.05) is 46.7 Å². The van der Waals surface area contributed by atoms with E-state index in [1.165, 1.54) is 82.0 Å². The lowest BCUT2D eigenvalue weighted by atomic mass is 9.99. The maximum atomic E-state index is 11.0. The lowest BCUT2D eigenvalue weighted by Crippen LogP contribution is -2.29. The van der Waals surface area contributed by atoms with E-state index in [0.717, 1.165) is 80.3 Å². The molecule has 3 heterocycles. The summed E-state index contributed by atoms with van der Waals surface area (Å²) in [5.41, 5.74) is 10.2. The summed E-state index contributed by atoms with van der Waals surface area (Å²) < 4.78 is 17.1.